The van der Waals surface area contributed by atoms with Crippen molar-refractivity contribution in [3.05, 3.63) is 27.7 Å². The van der Waals surface area contributed by atoms with E-state index in [2.05, 4.69) is 9.97 Å². The van der Waals surface area contributed by atoms with Crippen molar-refractivity contribution < 1.29 is 9.13 Å². The Hall–Kier alpha value is -0.980. The zero-order valence-electron chi connectivity index (χ0n) is 7.29. The monoisotopic (exact) mass is 304 g/mol. The first-order valence-electron chi connectivity index (χ1n) is 3.87. The van der Waals surface area contributed by atoms with Gasteiger partial charge in [0.2, 0.25) is 5.88 Å². The average molecular weight is 304 g/mol. The minimum absolute atomic E-state index is 0.362. The molecule has 5 heteroatoms. The standard InChI is InChI=1S/C9H6FIN2O/c1-14-7-3-2-6-9(13-7)8(11)5(10)4-12-6/h2-4H,1H3. The predicted octanol–water partition coefficient (Wildman–Crippen LogP) is 2.38. The number of pyridine rings is 2. The molecule has 0 unspecified atom stereocenters. The Morgan fingerprint density at radius 2 is 2.21 bits per heavy atom. The van der Waals surface area contributed by atoms with Crippen LogP contribution in [0.15, 0.2) is 18.3 Å². The molecule has 72 valence electrons. The fourth-order valence-corrected chi connectivity index (χ4v) is 1.65. The summed E-state index contributed by atoms with van der Waals surface area (Å²) < 4.78 is 18.6. The van der Waals surface area contributed by atoms with Gasteiger partial charge < -0.3 is 4.74 Å². The van der Waals surface area contributed by atoms with Crippen molar-refractivity contribution in [2.75, 3.05) is 7.11 Å². The van der Waals surface area contributed by atoms with Crippen LogP contribution in [0.5, 0.6) is 5.88 Å². The molecule has 0 aliphatic carbocycles. The van der Waals surface area contributed by atoms with E-state index in [0.717, 1.165) is 0 Å². The van der Waals surface area contributed by atoms with E-state index in [1.165, 1.54) is 13.3 Å². The van der Waals surface area contributed by atoms with E-state index in [4.69, 9.17) is 4.74 Å². The molecule has 0 amide bonds. The summed E-state index contributed by atoms with van der Waals surface area (Å²) in [6, 6.07) is 3.45. The molecule has 0 N–H and O–H groups in total. The number of ether oxygens (including phenoxy) is 1. The summed E-state index contributed by atoms with van der Waals surface area (Å²) in [6.07, 6.45) is 1.19. The van der Waals surface area contributed by atoms with Gasteiger partial charge in [-0.25, -0.2) is 9.37 Å². The maximum atomic E-state index is 13.1. The van der Waals surface area contributed by atoms with Gasteiger partial charge in [-0.3, -0.25) is 4.98 Å². The lowest BCUT2D eigenvalue weighted by Gasteiger charge is -2.02. The number of rotatable bonds is 1. The van der Waals surface area contributed by atoms with E-state index in [1.807, 2.05) is 22.6 Å². The summed E-state index contributed by atoms with van der Waals surface area (Å²) in [5.74, 6) is 0.0988. The largest absolute Gasteiger partial charge is 0.481 e. The summed E-state index contributed by atoms with van der Waals surface area (Å²) >= 11 is 1.90. The smallest absolute Gasteiger partial charge is 0.213 e. The lowest BCUT2D eigenvalue weighted by atomic mass is 10.3. The van der Waals surface area contributed by atoms with Gasteiger partial charge in [-0.2, -0.15) is 0 Å². The molecule has 2 rings (SSSR count). The van der Waals surface area contributed by atoms with Crippen molar-refractivity contribution in [2.45, 2.75) is 0 Å². The van der Waals surface area contributed by atoms with Crippen LogP contribution in [-0.4, -0.2) is 17.1 Å². The van der Waals surface area contributed by atoms with Gasteiger partial charge in [-0.1, -0.05) is 0 Å². The summed E-state index contributed by atoms with van der Waals surface area (Å²) in [5.41, 5.74) is 1.20. The Morgan fingerprint density at radius 3 is 2.93 bits per heavy atom. The van der Waals surface area contributed by atoms with Crippen molar-refractivity contribution >= 4 is 33.6 Å². The molecule has 3 nitrogen and oxygen atoms in total. The maximum absolute atomic E-state index is 13.1. The molecule has 14 heavy (non-hydrogen) atoms. The molecule has 0 saturated heterocycles. The summed E-state index contributed by atoms with van der Waals surface area (Å²) in [4.78, 5) is 8.04. The third-order valence-corrected chi connectivity index (χ3v) is 2.82. The molecule has 0 fully saturated rings. The molecule has 2 heterocycles. The van der Waals surface area contributed by atoms with Crippen LogP contribution in [0.25, 0.3) is 11.0 Å². The van der Waals surface area contributed by atoms with E-state index in [9.17, 15) is 4.39 Å². The zero-order chi connectivity index (χ0) is 10.1. The first-order valence-corrected chi connectivity index (χ1v) is 4.95. The second-order valence-corrected chi connectivity index (χ2v) is 3.72. The van der Waals surface area contributed by atoms with Gasteiger partial charge in [-0.15, -0.1) is 0 Å². The van der Waals surface area contributed by atoms with E-state index >= 15 is 0 Å². The Kier molecular flexibility index (Phi) is 2.49. The Morgan fingerprint density at radius 1 is 1.43 bits per heavy atom. The van der Waals surface area contributed by atoms with Crippen molar-refractivity contribution in [1.82, 2.24) is 9.97 Å². The van der Waals surface area contributed by atoms with Crippen LogP contribution in [0, 0.1) is 9.39 Å². The highest BCUT2D eigenvalue weighted by Gasteiger charge is 2.07. The Balaban J connectivity index is 2.78. The summed E-state index contributed by atoms with van der Waals surface area (Å²) in [7, 11) is 1.52. The fourth-order valence-electron chi connectivity index (χ4n) is 1.11. The minimum Gasteiger partial charge on any atom is -0.481 e. The van der Waals surface area contributed by atoms with Gasteiger partial charge in [0.05, 0.1) is 22.4 Å². The SMILES string of the molecule is COc1ccc2ncc(F)c(I)c2n1. The topological polar surface area (TPSA) is 35.0 Å². The van der Waals surface area contributed by atoms with Crippen molar-refractivity contribution in [1.29, 1.82) is 0 Å². The van der Waals surface area contributed by atoms with Crippen molar-refractivity contribution in [3.8, 4) is 5.88 Å². The average Bonchev–Trinajstić information content (AvgIpc) is 2.23. The van der Waals surface area contributed by atoms with Crippen LogP contribution in [0.2, 0.25) is 0 Å². The van der Waals surface area contributed by atoms with Crippen LogP contribution >= 0.6 is 22.6 Å². The maximum Gasteiger partial charge on any atom is 0.213 e. The zero-order valence-corrected chi connectivity index (χ0v) is 9.45. The molecular weight excluding hydrogens is 298 g/mol. The molecule has 0 atom stereocenters. The first-order chi connectivity index (χ1) is 6.72. The van der Waals surface area contributed by atoms with Crippen molar-refractivity contribution in [2.24, 2.45) is 0 Å². The number of aromatic nitrogens is 2. The van der Waals surface area contributed by atoms with E-state index < -0.39 is 0 Å². The van der Waals surface area contributed by atoms with Gasteiger partial charge in [0.1, 0.15) is 5.52 Å². The molecule has 0 aliphatic rings. The molecule has 0 spiro atoms. The molecule has 0 aromatic carbocycles. The minimum atomic E-state index is -0.362. The Labute approximate surface area is 93.5 Å². The van der Waals surface area contributed by atoms with E-state index in [-0.39, 0.29) is 5.82 Å². The number of fused-ring (bicyclic) bond motifs is 1. The quantitative estimate of drug-likeness (QED) is 0.759. The third kappa shape index (κ3) is 1.52. The van der Waals surface area contributed by atoms with Gasteiger partial charge in [0.25, 0.3) is 0 Å². The van der Waals surface area contributed by atoms with E-state index in [0.29, 0.717) is 20.5 Å². The second kappa shape index (κ2) is 3.64. The number of hydrogen-bond acceptors (Lipinski definition) is 3. The van der Waals surface area contributed by atoms with Crippen LogP contribution in [0.4, 0.5) is 4.39 Å². The lowest BCUT2D eigenvalue weighted by Crippen LogP contribution is -1.93. The van der Waals surface area contributed by atoms with Gasteiger partial charge in [0, 0.05) is 6.07 Å². The van der Waals surface area contributed by atoms with Gasteiger partial charge >= 0.3 is 0 Å². The van der Waals surface area contributed by atoms with Crippen LogP contribution < -0.4 is 4.74 Å². The third-order valence-electron chi connectivity index (χ3n) is 1.79. The highest BCUT2D eigenvalue weighted by molar-refractivity contribution is 14.1. The molecule has 2 aromatic heterocycles. The second-order valence-electron chi connectivity index (χ2n) is 2.64. The van der Waals surface area contributed by atoms with Crippen LogP contribution in [-0.2, 0) is 0 Å². The van der Waals surface area contributed by atoms with E-state index in [1.54, 1.807) is 12.1 Å². The first kappa shape index (κ1) is 9.57. The molecule has 0 radical (unpaired) electrons. The van der Waals surface area contributed by atoms with Crippen LogP contribution in [0.3, 0.4) is 0 Å². The number of methoxy groups -OCH3 is 1. The molecule has 2 aromatic rings. The van der Waals surface area contributed by atoms with Crippen molar-refractivity contribution in [3.63, 3.8) is 0 Å². The molecular formula is C9H6FIN2O. The van der Waals surface area contributed by atoms with Crippen LogP contribution in [0.1, 0.15) is 0 Å². The van der Waals surface area contributed by atoms with Gasteiger partial charge in [-0.05, 0) is 28.7 Å². The fraction of sp³-hybridized carbons (Fsp3) is 0.111. The predicted molar refractivity (Wildman–Crippen MR) is 58.8 cm³/mol. The Bertz CT molecular complexity index is 489. The molecule has 0 aliphatic heterocycles. The normalized spacial score (nSPS) is 10.5. The lowest BCUT2D eigenvalue weighted by molar-refractivity contribution is 0.399. The number of hydrogen-bond donors (Lipinski definition) is 0. The highest BCUT2D eigenvalue weighted by Crippen LogP contribution is 2.21. The molecule has 0 saturated carbocycles. The highest BCUT2D eigenvalue weighted by atomic mass is 127. The number of halogens is 2. The van der Waals surface area contributed by atoms with Gasteiger partial charge in [0.15, 0.2) is 5.82 Å². The summed E-state index contributed by atoms with van der Waals surface area (Å²) in [6.45, 7) is 0. The summed E-state index contributed by atoms with van der Waals surface area (Å²) in [5, 5.41) is 0. The number of nitrogens with zero attached hydrogens (tertiary/aromatic N) is 2. The molecule has 0 bridgehead atoms.